The Balaban J connectivity index is 2.63. The Morgan fingerprint density at radius 2 is 2.06 bits per heavy atom. The third-order valence-corrected chi connectivity index (χ3v) is 2.61. The first kappa shape index (κ1) is 14.1. The summed E-state index contributed by atoms with van der Waals surface area (Å²) in [7, 11) is 0. The molecule has 1 N–H and O–H groups in total. The quantitative estimate of drug-likeness (QED) is 0.718. The molecular formula is C13H15NO4. The van der Waals surface area contributed by atoms with Gasteiger partial charge in [-0.05, 0) is 19.8 Å². The molecule has 1 aliphatic heterocycles. The molecule has 96 valence electrons. The van der Waals surface area contributed by atoms with E-state index in [4.69, 9.17) is 16.3 Å². The average Bonchev–Trinajstić information content (AvgIpc) is 2.83. The standard InChI is InChI=1S/C13H15NO4/c1-3-5-9-14(8-4-2)12(15)10-6-7-11(18-10)13(16)17/h2,10-11H,6-9H2,1H3,(H,16,17)/t10-,11+/m0/s1. The maximum atomic E-state index is 12.1. The molecule has 1 saturated heterocycles. The third-order valence-electron chi connectivity index (χ3n) is 2.61. The molecule has 0 aromatic rings. The van der Waals surface area contributed by atoms with Crippen LogP contribution in [0.2, 0.25) is 0 Å². The highest BCUT2D eigenvalue weighted by Gasteiger charge is 2.36. The van der Waals surface area contributed by atoms with Gasteiger partial charge in [0, 0.05) is 0 Å². The van der Waals surface area contributed by atoms with Crippen molar-refractivity contribution >= 4 is 11.9 Å². The van der Waals surface area contributed by atoms with Crippen LogP contribution >= 0.6 is 0 Å². The van der Waals surface area contributed by atoms with Gasteiger partial charge in [-0.3, -0.25) is 4.79 Å². The molecule has 0 radical (unpaired) electrons. The Labute approximate surface area is 106 Å². The second-order valence-corrected chi connectivity index (χ2v) is 3.85. The molecule has 0 saturated carbocycles. The zero-order chi connectivity index (χ0) is 13.5. The summed E-state index contributed by atoms with van der Waals surface area (Å²) >= 11 is 0. The fourth-order valence-corrected chi connectivity index (χ4v) is 1.70. The summed E-state index contributed by atoms with van der Waals surface area (Å²) in [6.45, 7) is 2.05. The maximum Gasteiger partial charge on any atom is 0.332 e. The predicted molar refractivity (Wildman–Crippen MR) is 64.4 cm³/mol. The van der Waals surface area contributed by atoms with Gasteiger partial charge in [0.1, 0.15) is 6.10 Å². The second-order valence-electron chi connectivity index (χ2n) is 3.85. The zero-order valence-corrected chi connectivity index (χ0v) is 10.2. The minimum absolute atomic E-state index is 0.144. The molecule has 2 atom stereocenters. The summed E-state index contributed by atoms with van der Waals surface area (Å²) < 4.78 is 5.18. The highest BCUT2D eigenvalue weighted by Crippen LogP contribution is 2.21. The normalized spacial score (nSPS) is 21.6. The Bertz CT molecular complexity index is 426. The first-order chi connectivity index (χ1) is 8.60. The predicted octanol–water partition coefficient (Wildman–Crippen LogP) is 0.104. The van der Waals surface area contributed by atoms with Gasteiger partial charge in [-0.15, -0.1) is 12.3 Å². The van der Waals surface area contributed by atoms with Crippen LogP contribution in [0.25, 0.3) is 0 Å². The largest absolute Gasteiger partial charge is 0.479 e. The number of hydrogen-bond acceptors (Lipinski definition) is 3. The van der Waals surface area contributed by atoms with E-state index in [9.17, 15) is 9.59 Å². The highest BCUT2D eigenvalue weighted by molar-refractivity contribution is 5.83. The third kappa shape index (κ3) is 3.51. The molecule has 5 heteroatoms. The number of hydrogen-bond donors (Lipinski definition) is 1. The van der Waals surface area contributed by atoms with Crippen molar-refractivity contribution in [2.75, 3.05) is 13.1 Å². The molecule has 5 nitrogen and oxygen atoms in total. The van der Waals surface area contributed by atoms with Crippen LogP contribution in [0.4, 0.5) is 0 Å². The van der Waals surface area contributed by atoms with Crippen molar-refractivity contribution in [3.8, 4) is 24.2 Å². The molecule has 0 unspecified atom stereocenters. The molecule has 1 amide bonds. The van der Waals surface area contributed by atoms with Gasteiger partial charge < -0.3 is 14.7 Å². The summed E-state index contributed by atoms with van der Waals surface area (Å²) in [5, 5.41) is 8.79. The molecule has 1 heterocycles. The number of carbonyl (C=O) groups is 2. The first-order valence-corrected chi connectivity index (χ1v) is 5.60. The van der Waals surface area contributed by atoms with Gasteiger partial charge in [0.2, 0.25) is 0 Å². The molecule has 1 rings (SSSR count). The van der Waals surface area contributed by atoms with Crippen LogP contribution in [0.1, 0.15) is 19.8 Å². The molecule has 0 spiro atoms. The van der Waals surface area contributed by atoms with E-state index in [1.165, 1.54) is 4.90 Å². The smallest absolute Gasteiger partial charge is 0.332 e. The SMILES string of the molecule is C#CCN(CC#CC)C(=O)[C@@H]1CC[C@H](C(=O)O)O1. The topological polar surface area (TPSA) is 66.8 Å². The summed E-state index contributed by atoms with van der Waals surface area (Å²) in [6.07, 6.45) is 4.30. The molecular weight excluding hydrogens is 234 g/mol. The first-order valence-electron chi connectivity index (χ1n) is 5.60. The molecule has 0 aromatic carbocycles. The molecule has 0 bridgehead atoms. The summed E-state index contributed by atoms with van der Waals surface area (Å²) in [5.41, 5.74) is 0. The minimum atomic E-state index is -1.04. The number of carbonyl (C=O) groups excluding carboxylic acids is 1. The monoisotopic (exact) mass is 249 g/mol. The van der Waals surface area contributed by atoms with Gasteiger partial charge in [-0.2, -0.15) is 0 Å². The van der Waals surface area contributed by atoms with E-state index >= 15 is 0 Å². The highest BCUT2D eigenvalue weighted by atomic mass is 16.5. The van der Waals surface area contributed by atoms with Crippen molar-refractivity contribution in [3.63, 3.8) is 0 Å². The van der Waals surface area contributed by atoms with Gasteiger partial charge in [0.05, 0.1) is 13.1 Å². The van der Waals surface area contributed by atoms with Crippen LogP contribution in [0, 0.1) is 24.2 Å². The fraction of sp³-hybridized carbons (Fsp3) is 0.538. The lowest BCUT2D eigenvalue weighted by Gasteiger charge is -2.21. The summed E-state index contributed by atoms with van der Waals surface area (Å²) in [5.74, 6) is 6.49. The lowest BCUT2D eigenvalue weighted by molar-refractivity contribution is -0.154. The number of carboxylic acids is 1. The van der Waals surface area contributed by atoms with Gasteiger partial charge in [0.15, 0.2) is 6.10 Å². The Kier molecular flexibility index (Phi) is 5.23. The summed E-state index contributed by atoms with van der Waals surface area (Å²) in [4.78, 5) is 24.2. The van der Waals surface area contributed by atoms with E-state index in [2.05, 4.69) is 17.8 Å². The number of nitrogens with zero attached hydrogens (tertiary/aromatic N) is 1. The van der Waals surface area contributed by atoms with Crippen molar-refractivity contribution in [2.24, 2.45) is 0 Å². The van der Waals surface area contributed by atoms with Crippen molar-refractivity contribution in [1.29, 1.82) is 0 Å². The number of rotatable bonds is 4. The number of amides is 1. The molecule has 1 aliphatic rings. The zero-order valence-electron chi connectivity index (χ0n) is 10.2. The van der Waals surface area contributed by atoms with E-state index in [1.54, 1.807) is 6.92 Å². The Morgan fingerprint density at radius 1 is 1.39 bits per heavy atom. The van der Waals surface area contributed by atoms with Gasteiger partial charge in [-0.1, -0.05) is 11.8 Å². The van der Waals surface area contributed by atoms with Crippen LogP contribution in [0.5, 0.6) is 0 Å². The van der Waals surface area contributed by atoms with E-state index in [-0.39, 0.29) is 19.0 Å². The molecule has 18 heavy (non-hydrogen) atoms. The lowest BCUT2D eigenvalue weighted by Crippen LogP contribution is -2.40. The Morgan fingerprint density at radius 3 is 2.56 bits per heavy atom. The van der Waals surface area contributed by atoms with Crippen LogP contribution < -0.4 is 0 Å². The van der Waals surface area contributed by atoms with E-state index in [0.717, 1.165) is 0 Å². The van der Waals surface area contributed by atoms with Gasteiger partial charge in [0.25, 0.3) is 5.91 Å². The molecule has 0 aliphatic carbocycles. The lowest BCUT2D eigenvalue weighted by atomic mass is 10.2. The van der Waals surface area contributed by atoms with E-state index < -0.39 is 18.2 Å². The van der Waals surface area contributed by atoms with Gasteiger partial charge >= 0.3 is 5.97 Å². The number of ether oxygens (including phenoxy) is 1. The Hall–Kier alpha value is -1.98. The number of aliphatic carboxylic acids is 1. The summed E-state index contributed by atoms with van der Waals surface area (Å²) in [6, 6.07) is 0. The van der Waals surface area contributed by atoms with Gasteiger partial charge in [-0.25, -0.2) is 4.79 Å². The van der Waals surface area contributed by atoms with Crippen molar-refractivity contribution < 1.29 is 19.4 Å². The van der Waals surface area contributed by atoms with Crippen LogP contribution in [-0.4, -0.2) is 47.2 Å². The van der Waals surface area contributed by atoms with E-state index in [0.29, 0.717) is 12.8 Å². The van der Waals surface area contributed by atoms with Crippen LogP contribution in [0.15, 0.2) is 0 Å². The van der Waals surface area contributed by atoms with E-state index in [1.807, 2.05) is 0 Å². The number of carboxylic acid groups (broad SMARTS) is 1. The van der Waals surface area contributed by atoms with Crippen LogP contribution in [0.3, 0.4) is 0 Å². The van der Waals surface area contributed by atoms with Crippen LogP contribution in [-0.2, 0) is 14.3 Å². The fourth-order valence-electron chi connectivity index (χ4n) is 1.70. The average molecular weight is 249 g/mol. The van der Waals surface area contributed by atoms with Crippen molar-refractivity contribution in [2.45, 2.75) is 32.0 Å². The second kappa shape index (κ2) is 6.68. The molecule has 0 aromatic heterocycles. The van der Waals surface area contributed by atoms with Crippen molar-refractivity contribution in [1.82, 2.24) is 4.90 Å². The maximum absolute atomic E-state index is 12.1. The van der Waals surface area contributed by atoms with Crippen molar-refractivity contribution in [3.05, 3.63) is 0 Å². The minimum Gasteiger partial charge on any atom is -0.479 e. The molecule has 1 fully saturated rings. The number of terminal acetylenes is 1.